The van der Waals surface area contributed by atoms with Gasteiger partial charge >= 0.3 is 5.97 Å². The van der Waals surface area contributed by atoms with Crippen molar-refractivity contribution in [2.75, 3.05) is 11.4 Å². The maximum atomic E-state index is 10.6. The Kier molecular flexibility index (Phi) is 2.62. The first kappa shape index (κ1) is 10.0. The molecular formula is C10H14N2O3. The van der Waals surface area contributed by atoms with Crippen LogP contribution in [-0.2, 0) is 0 Å². The molecule has 1 fully saturated rings. The van der Waals surface area contributed by atoms with E-state index in [4.69, 9.17) is 9.52 Å². The molecule has 1 aliphatic heterocycles. The summed E-state index contributed by atoms with van der Waals surface area (Å²) in [5.74, 6) is -1.04. The van der Waals surface area contributed by atoms with Crippen LogP contribution in [0.4, 0.5) is 6.01 Å². The molecule has 1 aliphatic rings. The zero-order valence-corrected chi connectivity index (χ0v) is 8.64. The van der Waals surface area contributed by atoms with E-state index < -0.39 is 5.97 Å². The highest BCUT2D eigenvalue weighted by Gasteiger charge is 2.27. The maximum Gasteiger partial charge on any atom is 0.357 e. The summed E-state index contributed by atoms with van der Waals surface area (Å²) in [5, 5.41) is 8.72. The summed E-state index contributed by atoms with van der Waals surface area (Å²) < 4.78 is 5.18. The Labute approximate surface area is 87.7 Å². The van der Waals surface area contributed by atoms with Gasteiger partial charge in [-0.15, -0.1) is 0 Å². The number of oxazole rings is 1. The molecule has 0 aromatic carbocycles. The Morgan fingerprint density at radius 3 is 3.20 bits per heavy atom. The van der Waals surface area contributed by atoms with Gasteiger partial charge in [-0.1, -0.05) is 6.92 Å². The molecule has 5 heteroatoms. The highest BCUT2D eigenvalue weighted by atomic mass is 16.4. The lowest BCUT2D eigenvalue weighted by Crippen LogP contribution is -2.28. The minimum atomic E-state index is -1.04. The normalized spacial score (nSPS) is 20.9. The van der Waals surface area contributed by atoms with Crippen LogP contribution >= 0.6 is 0 Å². The lowest BCUT2D eigenvalue weighted by Gasteiger charge is -2.20. The lowest BCUT2D eigenvalue weighted by molar-refractivity contribution is 0.0690. The van der Waals surface area contributed by atoms with E-state index in [1.54, 1.807) is 0 Å². The van der Waals surface area contributed by atoms with E-state index in [2.05, 4.69) is 11.9 Å². The fourth-order valence-corrected chi connectivity index (χ4v) is 2.01. The van der Waals surface area contributed by atoms with E-state index in [1.807, 2.05) is 4.90 Å². The molecule has 15 heavy (non-hydrogen) atoms. The first-order chi connectivity index (χ1) is 7.22. The van der Waals surface area contributed by atoms with Gasteiger partial charge in [0.2, 0.25) is 0 Å². The van der Waals surface area contributed by atoms with Crippen molar-refractivity contribution in [2.45, 2.75) is 32.2 Å². The second-order valence-corrected chi connectivity index (χ2v) is 3.72. The van der Waals surface area contributed by atoms with Crippen LogP contribution < -0.4 is 4.90 Å². The van der Waals surface area contributed by atoms with Gasteiger partial charge in [-0.2, -0.15) is 4.98 Å². The highest BCUT2D eigenvalue weighted by Crippen LogP contribution is 2.26. The molecule has 0 aliphatic carbocycles. The third-order valence-electron chi connectivity index (χ3n) is 2.81. The number of aromatic carboxylic acids is 1. The van der Waals surface area contributed by atoms with Crippen LogP contribution in [0.5, 0.6) is 0 Å². The van der Waals surface area contributed by atoms with Crippen molar-refractivity contribution in [3.8, 4) is 0 Å². The molecule has 0 amide bonds. The Bertz CT molecular complexity index is 361. The summed E-state index contributed by atoms with van der Waals surface area (Å²) in [4.78, 5) is 16.6. The van der Waals surface area contributed by atoms with Gasteiger partial charge in [-0.05, 0) is 19.3 Å². The van der Waals surface area contributed by atoms with E-state index in [9.17, 15) is 4.79 Å². The van der Waals surface area contributed by atoms with Crippen LogP contribution in [-0.4, -0.2) is 28.6 Å². The maximum absolute atomic E-state index is 10.6. The number of rotatable bonds is 3. The molecule has 1 unspecified atom stereocenters. The monoisotopic (exact) mass is 210 g/mol. The largest absolute Gasteiger partial charge is 0.476 e. The summed E-state index contributed by atoms with van der Waals surface area (Å²) in [5.41, 5.74) is -0.0215. The van der Waals surface area contributed by atoms with Crippen molar-refractivity contribution in [1.29, 1.82) is 0 Å². The summed E-state index contributed by atoms with van der Waals surface area (Å²) in [7, 11) is 0. The Balaban J connectivity index is 2.18. The van der Waals surface area contributed by atoms with Gasteiger partial charge in [-0.25, -0.2) is 4.79 Å². The van der Waals surface area contributed by atoms with Gasteiger partial charge in [0.15, 0.2) is 5.69 Å². The van der Waals surface area contributed by atoms with Crippen LogP contribution in [0.15, 0.2) is 10.7 Å². The molecule has 82 valence electrons. The molecule has 1 N–H and O–H groups in total. The number of nitrogens with zero attached hydrogens (tertiary/aromatic N) is 2. The fraction of sp³-hybridized carbons (Fsp3) is 0.600. The van der Waals surface area contributed by atoms with Crippen LogP contribution in [0.2, 0.25) is 0 Å². The van der Waals surface area contributed by atoms with Crippen molar-refractivity contribution in [3.63, 3.8) is 0 Å². The topological polar surface area (TPSA) is 66.6 Å². The zero-order chi connectivity index (χ0) is 10.8. The van der Waals surface area contributed by atoms with Crippen molar-refractivity contribution in [1.82, 2.24) is 4.98 Å². The molecule has 0 radical (unpaired) electrons. The average Bonchev–Trinajstić information content (AvgIpc) is 2.85. The minimum Gasteiger partial charge on any atom is -0.476 e. The van der Waals surface area contributed by atoms with Gasteiger partial charge in [0.25, 0.3) is 6.01 Å². The van der Waals surface area contributed by atoms with Gasteiger partial charge < -0.3 is 14.4 Å². The second kappa shape index (κ2) is 3.92. The molecule has 0 saturated carbocycles. The summed E-state index contributed by atoms with van der Waals surface area (Å²) in [6, 6.07) is 0.877. The second-order valence-electron chi connectivity index (χ2n) is 3.72. The third kappa shape index (κ3) is 1.82. The van der Waals surface area contributed by atoms with Crippen molar-refractivity contribution < 1.29 is 14.3 Å². The van der Waals surface area contributed by atoms with E-state index in [0.29, 0.717) is 12.1 Å². The number of carboxylic acids is 1. The highest BCUT2D eigenvalue weighted by molar-refractivity contribution is 5.85. The zero-order valence-electron chi connectivity index (χ0n) is 8.64. The quantitative estimate of drug-likeness (QED) is 0.823. The van der Waals surface area contributed by atoms with E-state index in [-0.39, 0.29) is 5.69 Å². The molecule has 2 rings (SSSR count). The number of carbonyl (C=O) groups is 1. The molecule has 1 aromatic heterocycles. The molecule has 1 aromatic rings. The number of hydrogen-bond donors (Lipinski definition) is 1. The standard InChI is InChI=1S/C10H14N2O3/c1-2-7-4-3-5-12(7)10-11-8(6-15-10)9(13)14/h6-7H,2-5H2,1H3,(H,13,14). The molecule has 1 saturated heterocycles. The summed E-state index contributed by atoms with van der Waals surface area (Å²) >= 11 is 0. The third-order valence-corrected chi connectivity index (χ3v) is 2.81. The predicted molar refractivity (Wildman–Crippen MR) is 54.1 cm³/mol. The molecule has 2 heterocycles. The van der Waals surface area contributed by atoms with E-state index in [0.717, 1.165) is 25.8 Å². The first-order valence-electron chi connectivity index (χ1n) is 5.18. The van der Waals surface area contributed by atoms with Gasteiger partial charge in [-0.3, -0.25) is 0 Å². The van der Waals surface area contributed by atoms with Crippen LogP contribution in [0.25, 0.3) is 0 Å². The smallest absolute Gasteiger partial charge is 0.357 e. The first-order valence-corrected chi connectivity index (χ1v) is 5.18. The fourth-order valence-electron chi connectivity index (χ4n) is 2.01. The number of hydrogen-bond acceptors (Lipinski definition) is 4. The Morgan fingerprint density at radius 1 is 1.80 bits per heavy atom. The van der Waals surface area contributed by atoms with Crippen LogP contribution in [0.1, 0.15) is 36.7 Å². The number of carboxylic acid groups (broad SMARTS) is 1. The van der Waals surface area contributed by atoms with Gasteiger partial charge in [0.05, 0.1) is 0 Å². The lowest BCUT2D eigenvalue weighted by atomic mass is 10.2. The van der Waals surface area contributed by atoms with Gasteiger partial charge in [0.1, 0.15) is 6.26 Å². The summed E-state index contributed by atoms with van der Waals surface area (Å²) in [6.07, 6.45) is 4.47. The SMILES string of the molecule is CCC1CCCN1c1nc(C(=O)O)co1. The van der Waals surface area contributed by atoms with Gasteiger partial charge in [0, 0.05) is 12.6 Å². The van der Waals surface area contributed by atoms with Crippen molar-refractivity contribution in [2.24, 2.45) is 0 Å². The molecule has 5 nitrogen and oxygen atoms in total. The van der Waals surface area contributed by atoms with Crippen molar-refractivity contribution in [3.05, 3.63) is 12.0 Å². The van der Waals surface area contributed by atoms with Crippen LogP contribution in [0.3, 0.4) is 0 Å². The van der Waals surface area contributed by atoms with Crippen LogP contribution in [0, 0.1) is 0 Å². The van der Waals surface area contributed by atoms with Crippen molar-refractivity contribution >= 4 is 12.0 Å². The predicted octanol–water partition coefficient (Wildman–Crippen LogP) is 1.75. The Morgan fingerprint density at radius 2 is 2.60 bits per heavy atom. The Hall–Kier alpha value is -1.52. The van der Waals surface area contributed by atoms with E-state index >= 15 is 0 Å². The molecular weight excluding hydrogens is 196 g/mol. The molecule has 0 bridgehead atoms. The minimum absolute atomic E-state index is 0.0215. The molecule has 0 spiro atoms. The number of aromatic nitrogens is 1. The molecule has 1 atom stereocenters. The average molecular weight is 210 g/mol. The number of anilines is 1. The van der Waals surface area contributed by atoms with E-state index in [1.165, 1.54) is 6.26 Å². The summed E-state index contributed by atoms with van der Waals surface area (Å²) in [6.45, 7) is 3.02.